The summed E-state index contributed by atoms with van der Waals surface area (Å²) >= 11 is 2.92. The second-order valence-electron chi connectivity index (χ2n) is 6.14. The molecule has 1 atom stereocenters. The van der Waals surface area contributed by atoms with Gasteiger partial charge < -0.3 is 15.4 Å². The number of hydrogen-bond acceptors (Lipinski definition) is 7. The molecule has 148 valence electrons. The number of thioether (sulfide) groups is 1. The van der Waals surface area contributed by atoms with E-state index in [0.717, 1.165) is 20.8 Å². The van der Waals surface area contributed by atoms with E-state index in [2.05, 4.69) is 20.6 Å². The minimum absolute atomic E-state index is 0.254. The van der Waals surface area contributed by atoms with Gasteiger partial charge in [0, 0.05) is 21.7 Å². The van der Waals surface area contributed by atoms with Crippen molar-refractivity contribution in [3.63, 3.8) is 0 Å². The van der Waals surface area contributed by atoms with E-state index in [1.165, 1.54) is 29.4 Å². The number of nitrogens with one attached hydrogen (secondary N) is 2. The Morgan fingerprint density at radius 3 is 2.90 bits per heavy atom. The summed E-state index contributed by atoms with van der Waals surface area (Å²) < 4.78 is 5.28. The molecule has 4 rings (SSSR count). The fourth-order valence-corrected chi connectivity index (χ4v) is 4.83. The molecule has 2 amide bonds. The van der Waals surface area contributed by atoms with Gasteiger partial charge in [0.15, 0.2) is 0 Å². The molecule has 1 aromatic carbocycles. The van der Waals surface area contributed by atoms with Gasteiger partial charge in [0.1, 0.15) is 11.4 Å². The lowest BCUT2D eigenvalue weighted by molar-refractivity contribution is -0.139. The molecule has 2 N–H and O–H groups in total. The number of aromatic nitrogens is 2. The van der Waals surface area contributed by atoms with E-state index >= 15 is 0 Å². The molecule has 0 saturated heterocycles. The molecule has 29 heavy (non-hydrogen) atoms. The van der Waals surface area contributed by atoms with Crippen LogP contribution in [0.1, 0.15) is 17.8 Å². The van der Waals surface area contributed by atoms with E-state index in [-0.39, 0.29) is 12.6 Å². The number of fused-ring (bicyclic) bond motifs is 1. The minimum Gasteiger partial charge on any atom is -0.463 e. The van der Waals surface area contributed by atoms with Crippen molar-refractivity contribution < 1.29 is 14.3 Å². The van der Waals surface area contributed by atoms with Gasteiger partial charge in [-0.3, -0.25) is 0 Å². The average Bonchev–Trinajstić information content (AvgIpc) is 3.26. The summed E-state index contributed by atoms with van der Waals surface area (Å²) in [5.41, 5.74) is 1.79. The standard InChI is InChI=1S/C20H18N4O3S2/c1-2-27-19(25)16-14(23-20(26)24-17(16)15-8-5-9-28-15)10-29-18-12-6-3-4-7-13(12)21-11-22-18/h3-9,11,17H,2,10H2,1H3,(H2,23,24,26)/t17-/m1/s1. The lowest BCUT2D eigenvalue weighted by Crippen LogP contribution is -2.46. The monoisotopic (exact) mass is 426 g/mol. The predicted octanol–water partition coefficient (Wildman–Crippen LogP) is 3.65. The van der Waals surface area contributed by atoms with E-state index in [1.54, 1.807) is 6.92 Å². The zero-order chi connectivity index (χ0) is 20.2. The molecule has 0 radical (unpaired) electrons. The van der Waals surface area contributed by atoms with Gasteiger partial charge in [-0.1, -0.05) is 36.0 Å². The third kappa shape index (κ3) is 4.10. The molecule has 1 aliphatic rings. The van der Waals surface area contributed by atoms with Crippen molar-refractivity contribution in [2.75, 3.05) is 12.4 Å². The topological polar surface area (TPSA) is 93.2 Å². The molecule has 1 aliphatic heterocycles. The van der Waals surface area contributed by atoms with Crippen LogP contribution in [0.25, 0.3) is 10.9 Å². The Balaban J connectivity index is 1.70. The van der Waals surface area contributed by atoms with Gasteiger partial charge in [-0.15, -0.1) is 11.3 Å². The number of urea groups is 1. The summed E-state index contributed by atoms with van der Waals surface area (Å²) in [5.74, 6) is -0.0775. The SMILES string of the molecule is CCOC(=O)C1=C(CSc2ncnc3ccccc23)NC(=O)N[C@@H]1c1cccs1. The van der Waals surface area contributed by atoms with Crippen LogP contribution in [0.2, 0.25) is 0 Å². The molecule has 3 aromatic rings. The zero-order valence-corrected chi connectivity index (χ0v) is 17.2. The number of benzene rings is 1. The normalized spacial score (nSPS) is 16.4. The zero-order valence-electron chi connectivity index (χ0n) is 15.5. The molecular weight excluding hydrogens is 408 g/mol. The van der Waals surface area contributed by atoms with Crippen LogP contribution in [0.4, 0.5) is 4.79 Å². The van der Waals surface area contributed by atoms with Crippen molar-refractivity contribution in [2.45, 2.75) is 18.0 Å². The number of carbonyl (C=O) groups excluding carboxylic acids is 2. The highest BCUT2D eigenvalue weighted by Crippen LogP contribution is 2.33. The number of hydrogen-bond donors (Lipinski definition) is 2. The van der Waals surface area contributed by atoms with Gasteiger partial charge in [-0.05, 0) is 24.4 Å². The second kappa shape index (κ2) is 8.62. The second-order valence-corrected chi connectivity index (χ2v) is 8.09. The summed E-state index contributed by atoms with van der Waals surface area (Å²) in [6.45, 7) is 2.01. The summed E-state index contributed by atoms with van der Waals surface area (Å²) in [7, 11) is 0. The van der Waals surface area contributed by atoms with Gasteiger partial charge >= 0.3 is 12.0 Å². The average molecular weight is 427 g/mol. The molecule has 0 bridgehead atoms. The van der Waals surface area contributed by atoms with Crippen LogP contribution in [0.5, 0.6) is 0 Å². The number of thiophene rings is 1. The van der Waals surface area contributed by atoms with Crippen LogP contribution in [-0.4, -0.2) is 34.3 Å². The number of ether oxygens (including phenoxy) is 1. The Kier molecular flexibility index (Phi) is 5.77. The minimum atomic E-state index is -0.541. The smallest absolute Gasteiger partial charge is 0.338 e. The highest BCUT2D eigenvalue weighted by molar-refractivity contribution is 7.99. The molecule has 0 saturated carbocycles. The van der Waals surface area contributed by atoms with Crippen LogP contribution in [-0.2, 0) is 9.53 Å². The summed E-state index contributed by atoms with van der Waals surface area (Å²) in [6.07, 6.45) is 1.51. The molecular formula is C20H18N4O3S2. The maximum absolute atomic E-state index is 12.7. The Bertz CT molecular complexity index is 1080. The number of rotatable bonds is 6. The maximum atomic E-state index is 12.7. The van der Waals surface area contributed by atoms with Crippen molar-refractivity contribution in [3.05, 3.63) is 64.3 Å². The van der Waals surface area contributed by atoms with E-state index < -0.39 is 12.0 Å². The van der Waals surface area contributed by atoms with Crippen molar-refractivity contribution in [2.24, 2.45) is 0 Å². The third-order valence-corrected chi connectivity index (χ3v) is 6.31. The molecule has 0 aliphatic carbocycles. The van der Waals surface area contributed by atoms with E-state index in [9.17, 15) is 9.59 Å². The predicted molar refractivity (Wildman–Crippen MR) is 113 cm³/mol. The van der Waals surface area contributed by atoms with Gasteiger partial charge in [0.2, 0.25) is 0 Å². The fraction of sp³-hybridized carbons (Fsp3) is 0.200. The number of amides is 2. The quantitative estimate of drug-likeness (QED) is 0.355. The first-order valence-corrected chi connectivity index (χ1v) is 10.9. The largest absolute Gasteiger partial charge is 0.463 e. The molecule has 0 unspecified atom stereocenters. The van der Waals surface area contributed by atoms with E-state index in [4.69, 9.17) is 4.74 Å². The molecule has 2 aromatic heterocycles. The van der Waals surface area contributed by atoms with E-state index in [0.29, 0.717) is 17.0 Å². The Morgan fingerprint density at radius 1 is 1.24 bits per heavy atom. The highest BCUT2D eigenvalue weighted by Gasteiger charge is 2.34. The lowest BCUT2D eigenvalue weighted by atomic mass is 10.0. The Morgan fingerprint density at radius 2 is 2.10 bits per heavy atom. The molecule has 0 fully saturated rings. The summed E-state index contributed by atoms with van der Waals surface area (Å²) in [4.78, 5) is 34.6. The molecule has 0 spiro atoms. The number of esters is 1. The molecule has 9 heteroatoms. The fourth-order valence-electron chi connectivity index (χ4n) is 3.09. The number of nitrogens with zero attached hydrogens (tertiary/aromatic N) is 2. The van der Waals surface area contributed by atoms with Gasteiger partial charge in [-0.2, -0.15) is 0 Å². The number of para-hydroxylation sites is 1. The highest BCUT2D eigenvalue weighted by atomic mass is 32.2. The first kappa shape index (κ1) is 19.4. The van der Waals surface area contributed by atoms with Crippen LogP contribution in [0.3, 0.4) is 0 Å². The van der Waals surface area contributed by atoms with Crippen molar-refractivity contribution in [3.8, 4) is 0 Å². The van der Waals surface area contributed by atoms with Crippen LogP contribution >= 0.6 is 23.1 Å². The maximum Gasteiger partial charge on any atom is 0.338 e. The first-order chi connectivity index (χ1) is 14.2. The van der Waals surface area contributed by atoms with Crippen LogP contribution in [0.15, 0.2) is 64.4 Å². The first-order valence-electron chi connectivity index (χ1n) is 9.01. The van der Waals surface area contributed by atoms with Crippen molar-refractivity contribution in [1.82, 2.24) is 20.6 Å². The van der Waals surface area contributed by atoms with Gasteiger partial charge in [0.25, 0.3) is 0 Å². The van der Waals surface area contributed by atoms with Crippen LogP contribution in [0, 0.1) is 0 Å². The number of carbonyl (C=O) groups is 2. The Labute approximate surface area is 175 Å². The Hall–Kier alpha value is -2.91. The van der Waals surface area contributed by atoms with Crippen LogP contribution < -0.4 is 10.6 Å². The molecule has 7 nitrogen and oxygen atoms in total. The van der Waals surface area contributed by atoms with Gasteiger partial charge in [-0.25, -0.2) is 19.6 Å². The van der Waals surface area contributed by atoms with Gasteiger partial charge in [0.05, 0.1) is 23.7 Å². The van der Waals surface area contributed by atoms with Crippen molar-refractivity contribution >= 4 is 46.0 Å². The summed E-state index contributed by atoms with van der Waals surface area (Å²) in [5, 5.41) is 9.24. The van der Waals surface area contributed by atoms with E-state index in [1.807, 2.05) is 41.8 Å². The third-order valence-electron chi connectivity index (χ3n) is 4.34. The van der Waals surface area contributed by atoms with Crippen molar-refractivity contribution in [1.29, 1.82) is 0 Å². The molecule has 3 heterocycles. The summed E-state index contributed by atoms with van der Waals surface area (Å²) in [6, 6.07) is 10.6. The lowest BCUT2D eigenvalue weighted by Gasteiger charge is -2.28.